The van der Waals surface area contributed by atoms with Gasteiger partial charge in [0.05, 0.1) is 17.7 Å². The van der Waals surface area contributed by atoms with Crippen LogP contribution in [0.4, 0.5) is 0 Å². The Balaban J connectivity index is 0.00000180. The zero-order valence-electron chi connectivity index (χ0n) is 11.8. The number of rotatable bonds is 4. The quantitative estimate of drug-likeness (QED) is 0.446. The van der Waals surface area contributed by atoms with Gasteiger partial charge in [-0.05, 0) is 22.7 Å². The van der Waals surface area contributed by atoms with Gasteiger partial charge in [0.25, 0.3) is 0 Å². The van der Waals surface area contributed by atoms with Crippen molar-refractivity contribution in [3.8, 4) is 5.75 Å². The average molecular weight is 287 g/mol. The molecule has 0 aliphatic carbocycles. The van der Waals surface area contributed by atoms with Gasteiger partial charge in [0, 0.05) is 0 Å². The van der Waals surface area contributed by atoms with Crippen LogP contribution in [0.25, 0.3) is 0 Å². The van der Waals surface area contributed by atoms with Gasteiger partial charge in [-0.25, -0.2) is 0 Å². The molecule has 2 nitrogen and oxygen atoms in total. The van der Waals surface area contributed by atoms with E-state index in [0.29, 0.717) is 24.9 Å². The van der Waals surface area contributed by atoms with Crippen LogP contribution < -0.4 is 34.2 Å². The van der Waals surface area contributed by atoms with E-state index >= 15 is 0 Å². The minimum absolute atomic E-state index is 0. The predicted molar refractivity (Wildman–Crippen MR) is 78.5 cm³/mol. The minimum atomic E-state index is 0. The van der Waals surface area contributed by atoms with Crippen molar-refractivity contribution in [3.05, 3.63) is 53.1 Å². The first kappa shape index (κ1) is 16.3. The van der Waals surface area contributed by atoms with Gasteiger partial charge >= 0.3 is 18.9 Å². The number of methoxy groups -OCH3 is 1. The van der Waals surface area contributed by atoms with Crippen molar-refractivity contribution in [3.63, 3.8) is 0 Å². The van der Waals surface area contributed by atoms with E-state index in [2.05, 4.69) is 12.1 Å². The Morgan fingerprint density at radius 1 is 1.21 bits per heavy atom. The molecule has 2 aromatic rings. The first-order chi connectivity index (χ1) is 8.74. The molecular weight excluding hydrogens is 274 g/mol. The molecule has 0 bridgehead atoms. The first-order valence-electron chi connectivity index (χ1n) is 5.39. The summed E-state index contributed by atoms with van der Waals surface area (Å²) in [6, 6.07) is 13.7. The molecule has 0 fully saturated rings. The molecule has 0 amide bonds. The summed E-state index contributed by atoms with van der Waals surface area (Å²) in [5.74, 6) is 0.438. The Hall–Kier alpha value is -0.773. The smallest absolute Gasteiger partial charge is 1.00 e. The maximum Gasteiger partial charge on any atom is 1.00 e. The van der Waals surface area contributed by atoms with Gasteiger partial charge < -0.3 is 6.16 Å². The van der Waals surface area contributed by atoms with Gasteiger partial charge in [-0.15, -0.1) is 0 Å². The number of carbonyl (C=O) groups excluding carboxylic acids is 1. The van der Waals surface area contributed by atoms with E-state index in [9.17, 15) is 4.79 Å². The molecule has 0 saturated carbocycles. The van der Waals surface area contributed by atoms with Crippen LogP contribution in [-0.4, -0.2) is 13.4 Å². The summed E-state index contributed by atoms with van der Waals surface area (Å²) < 4.78 is 5.11. The number of aldehydes is 1. The summed E-state index contributed by atoms with van der Waals surface area (Å²) >= 11 is 6.10. The van der Waals surface area contributed by atoms with Crippen molar-refractivity contribution < 1.29 is 29.8 Å². The summed E-state index contributed by atoms with van der Waals surface area (Å²) in [6.07, 6.45) is 0.768. The zero-order chi connectivity index (χ0) is 13.0. The molecule has 19 heavy (non-hydrogen) atoms. The van der Waals surface area contributed by atoms with E-state index < -0.39 is 0 Å². The molecule has 0 spiro atoms. The van der Waals surface area contributed by atoms with Crippen LogP contribution in [0, 0.1) is 0 Å². The number of ether oxygens (including phenoxy) is 1. The first-order valence-corrected chi connectivity index (χ1v) is 6.77. The van der Waals surface area contributed by atoms with Crippen molar-refractivity contribution in [1.29, 1.82) is 0 Å². The van der Waals surface area contributed by atoms with Crippen LogP contribution in [0.15, 0.2) is 42.5 Å². The predicted octanol–water partition coefficient (Wildman–Crippen LogP) is -0.0931. The SMILES string of the molecule is COc1c(Cl)cc(Pc2ccccc2)cc1C=O.[H-].[Li+]. The summed E-state index contributed by atoms with van der Waals surface area (Å²) in [7, 11) is 1.98. The molecular formula is C14H13ClLiO2P. The van der Waals surface area contributed by atoms with E-state index in [1.807, 2.05) is 30.3 Å². The number of carbonyl (C=O) groups is 1. The zero-order valence-corrected chi connectivity index (χ0v) is 12.6. The molecule has 0 aliphatic heterocycles. The normalized spacial score (nSPS) is 10.2. The third-order valence-electron chi connectivity index (χ3n) is 2.47. The third kappa shape index (κ3) is 4.10. The second kappa shape index (κ2) is 7.73. The Labute approximate surface area is 132 Å². The minimum Gasteiger partial charge on any atom is -1.00 e. The fraction of sp³-hybridized carbons (Fsp3) is 0.0714. The fourth-order valence-corrected chi connectivity index (χ4v) is 3.21. The van der Waals surface area contributed by atoms with E-state index in [0.717, 1.165) is 11.6 Å². The Bertz CT molecular complexity index is 567. The van der Waals surface area contributed by atoms with Gasteiger partial charge in [-0.1, -0.05) is 50.5 Å². The molecule has 5 heteroatoms. The van der Waals surface area contributed by atoms with Crippen LogP contribution in [0.2, 0.25) is 5.02 Å². The molecule has 0 N–H and O–H groups in total. The van der Waals surface area contributed by atoms with Crippen molar-refractivity contribution in [2.75, 3.05) is 7.11 Å². The van der Waals surface area contributed by atoms with Crippen molar-refractivity contribution in [1.82, 2.24) is 0 Å². The van der Waals surface area contributed by atoms with Crippen molar-refractivity contribution >= 4 is 37.1 Å². The Morgan fingerprint density at radius 3 is 2.47 bits per heavy atom. The molecule has 1 atom stereocenters. The number of hydrogen-bond acceptors (Lipinski definition) is 2. The van der Waals surface area contributed by atoms with Gasteiger partial charge in [0.15, 0.2) is 6.29 Å². The maximum absolute atomic E-state index is 11.0. The topological polar surface area (TPSA) is 26.3 Å². The molecule has 94 valence electrons. The Kier molecular flexibility index (Phi) is 6.62. The van der Waals surface area contributed by atoms with E-state index in [1.165, 1.54) is 12.4 Å². The molecule has 0 aromatic heterocycles. The van der Waals surface area contributed by atoms with Crippen LogP contribution in [-0.2, 0) is 0 Å². The second-order valence-corrected chi connectivity index (χ2v) is 5.50. The summed E-state index contributed by atoms with van der Waals surface area (Å²) in [6.45, 7) is 0. The maximum atomic E-state index is 11.0. The second-order valence-electron chi connectivity index (χ2n) is 3.69. The van der Waals surface area contributed by atoms with Crippen LogP contribution in [0.5, 0.6) is 5.75 Å². The molecule has 0 heterocycles. The van der Waals surface area contributed by atoms with E-state index in [4.69, 9.17) is 16.3 Å². The molecule has 0 saturated heterocycles. The van der Waals surface area contributed by atoms with Gasteiger partial charge in [0.2, 0.25) is 0 Å². The third-order valence-corrected chi connectivity index (χ3v) is 3.95. The van der Waals surface area contributed by atoms with Crippen LogP contribution >= 0.6 is 20.2 Å². The average Bonchev–Trinajstić information content (AvgIpc) is 2.39. The van der Waals surface area contributed by atoms with Crippen molar-refractivity contribution in [2.24, 2.45) is 0 Å². The standard InChI is InChI=1S/C14H12ClO2P.Li.H/c1-17-14-10(9-16)7-12(8-13(14)15)18-11-5-3-2-4-6-11;;/h2-9,18H,1H3;;/q;+1;-1. The molecule has 0 radical (unpaired) electrons. The molecule has 2 rings (SSSR count). The summed E-state index contributed by atoms with van der Waals surface area (Å²) in [4.78, 5) is 11.0. The summed E-state index contributed by atoms with van der Waals surface area (Å²) in [5, 5.41) is 2.70. The number of benzene rings is 2. The van der Waals surface area contributed by atoms with Crippen LogP contribution in [0.3, 0.4) is 0 Å². The molecule has 2 aromatic carbocycles. The monoisotopic (exact) mass is 286 g/mol. The fourth-order valence-electron chi connectivity index (χ4n) is 1.68. The largest absolute Gasteiger partial charge is 1.00 e. The van der Waals surface area contributed by atoms with Gasteiger partial charge in [-0.2, -0.15) is 0 Å². The summed E-state index contributed by atoms with van der Waals surface area (Å²) in [5.41, 5.74) is 0.489. The number of halogens is 1. The van der Waals surface area contributed by atoms with Crippen LogP contribution in [0.1, 0.15) is 11.8 Å². The van der Waals surface area contributed by atoms with Gasteiger partial charge in [-0.3, -0.25) is 4.79 Å². The molecule has 1 unspecified atom stereocenters. The van der Waals surface area contributed by atoms with E-state index in [1.54, 1.807) is 0 Å². The van der Waals surface area contributed by atoms with E-state index in [-0.39, 0.29) is 20.3 Å². The van der Waals surface area contributed by atoms with Crippen molar-refractivity contribution in [2.45, 2.75) is 0 Å². The number of hydrogen-bond donors (Lipinski definition) is 0. The van der Waals surface area contributed by atoms with Gasteiger partial charge in [0.1, 0.15) is 5.75 Å². The Morgan fingerprint density at radius 2 is 1.89 bits per heavy atom. The molecule has 0 aliphatic rings.